The number of rotatable bonds is 6. The molecule has 1 heterocycles. The van der Waals surface area contributed by atoms with E-state index in [0.717, 1.165) is 30.4 Å². The number of aryl methyl sites for hydroxylation is 1. The maximum absolute atomic E-state index is 5.96. The van der Waals surface area contributed by atoms with Crippen LogP contribution in [0.3, 0.4) is 0 Å². The minimum Gasteiger partial charge on any atom is -0.316 e. The van der Waals surface area contributed by atoms with Gasteiger partial charge in [0.05, 0.1) is 10.7 Å². The van der Waals surface area contributed by atoms with Crippen molar-refractivity contribution in [3.05, 3.63) is 16.9 Å². The van der Waals surface area contributed by atoms with Crippen molar-refractivity contribution >= 4 is 11.6 Å². The van der Waals surface area contributed by atoms with Crippen molar-refractivity contribution < 1.29 is 0 Å². The maximum atomic E-state index is 5.96. The van der Waals surface area contributed by atoms with Crippen LogP contribution < -0.4 is 5.32 Å². The summed E-state index contributed by atoms with van der Waals surface area (Å²) in [5.74, 6) is 1.27. The first-order valence-corrected chi connectivity index (χ1v) is 6.27. The molecule has 1 aromatic rings. The monoisotopic (exact) mass is 243 g/mol. The molecule has 0 radical (unpaired) electrons. The Balaban J connectivity index is 2.31. The SMILES string of the molecule is Cc1nn(CC(C)CNCC(C)C)cc1Cl. The third-order valence-electron chi connectivity index (χ3n) is 2.43. The lowest BCUT2D eigenvalue weighted by molar-refractivity contribution is 0.408. The highest BCUT2D eigenvalue weighted by Crippen LogP contribution is 2.13. The van der Waals surface area contributed by atoms with Crippen molar-refractivity contribution in [1.82, 2.24) is 15.1 Å². The lowest BCUT2D eigenvalue weighted by atomic mass is 10.1. The van der Waals surface area contributed by atoms with Gasteiger partial charge >= 0.3 is 0 Å². The highest BCUT2D eigenvalue weighted by Gasteiger charge is 2.06. The molecule has 16 heavy (non-hydrogen) atoms. The minimum absolute atomic E-state index is 0.564. The summed E-state index contributed by atoms with van der Waals surface area (Å²) in [6.45, 7) is 11.6. The van der Waals surface area contributed by atoms with E-state index >= 15 is 0 Å². The molecule has 4 heteroatoms. The van der Waals surface area contributed by atoms with Crippen LogP contribution in [0.5, 0.6) is 0 Å². The molecule has 0 spiro atoms. The van der Waals surface area contributed by atoms with E-state index in [0.29, 0.717) is 11.8 Å². The second-order valence-electron chi connectivity index (χ2n) is 4.94. The molecule has 1 N–H and O–H groups in total. The highest BCUT2D eigenvalue weighted by atomic mass is 35.5. The average Bonchev–Trinajstić information content (AvgIpc) is 2.44. The first-order chi connectivity index (χ1) is 7.49. The molecule has 0 amide bonds. The van der Waals surface area contributed by atoms with Gasteiger partial charge in [-0.1, -0.05) is 32.4 Å². The molecule has 0 fully saturated rings. The van der Waals surface area contributed by atoms with Crippen molar-refractivity contribution in [3.8, 4) is 0 Å². The van der Waals surface area contributed by atoms with Crippen LogP contribution in [0.2, 0.25) is 5.02 Å². The Morgan fingerprint density at radius 1 is 1.38 bits per heavy atom. The van der Waals surface area contributed by atoms with Gasteiger partial charge in [0, 0.05) is 12.7 Å². The summed E-state index contributed by atoms with van der Waals surface area (Å²) in [6, 6.07) is 0. The van der Waals surface area contributed by atoms with Crippen molar-refractivity contribution in [2.24, 2.45) is 11.8 Å². The van der Waals surface area contributed by atoms with Gasteiger partial charge < -0.3 is 5.32 Å². The van der Waals surface area contributed by atoms with E-state index < -0.39 is 0 Å². The number of nitrogens with one attached hydrogen (secondary N) is 1. The molecule has 0 aliphatic carbocycles. The van der Waals surface area contributed by atoms with E-state index in [1.807, 2.05) is 17.8 Å². The molecule has 1 atom stereocenters. The smallest absolute Gasteiger partial charge is 0.0814 e. The van der Waals surface area contributed by atoms with Crippen LogP contribution in [-0.2, 0) is 6.54 Å². The van der Waals surface area contributed by atoms with Gasteiger partial charge in [-0.15, -0.1) is 0 Å². The van der Waals surface area contributed by atoms with Crippen LogP contribution in [0.1, 0.15) is 26.5 Å². The fourth-order valence-electron chi connectivity index (χ4n) is 1.59. The first-order valence-electron chi connectivity index (χ1n) is 5.89. The quantitative estimate of drug-likeness (QED) is 0.833. The zero-order chi connectivity index (χ0) is 12.1. The van der Waals surface area contributed by atoms with E-state index in [-0.39, 0.29) is 0 Å². The molecule has 92 valence electrons. The second-order valence-corrected chi connectivity index (χ2v) is 5.35. The zero-order valence-electron chi connectivity index (χ0n) is 10.6. The van der Waals surface area contributed by atoms with Crippen LogP contribution in [0.15, 0.2) is 6.20 Å². The van der Waals surface area contributed by atoms with Gasteiger partial charge in [-0.05, 0) is 31.8 Å². The van der Waals surface area contributed by atoms with Crippen molar-refractivity contribution in [2.75, 3.05) is 13.1 Å². The Labute approximate surface area is 103 Å². The molecule has 0 bridgehead atoms. The number of hydrogen-bond acceptors (Lipinski definition) is 2. The standard InChI is InChI=1S/C12H22ClN3/c1-9(2)5-14-6-10(3)7-16-8-12(13)11(4)15-16/h8-10,14H,5-7H2,1-4H3. The molecule has 1 unspecified atom stereocenters. The van der Waals surface area contributed by atoms with Crippen molar-refractivity contribution in [1.29, 1.82) is 0 Å². The van der Waals surface area contributed by atoms with E-state index in [1.54, 1.807) is 0 Å². The molecule has 0 aromatic carbocycles. The predicted molar refractivity (Wildman–Crippen MR) is 68.8 cm³/mol. The van der Waals surface area contributed by atoms with Gasteiger partial charge in [0.15, 0.2) is 0 Å². The van der Waals surface area contributed by atoms with Gasteiger partial charge in [-0.3, -0.25) is 4.68 Å². The average molecular weight is 244 g/mol. The lowest BCUT2D eigenvalue weighted by Gasteiger charge is -2.13. The molecule has 1 rings (SSSR count). The molecule has 0 saturated carbocycles. The van der Waals surface area contributed by atoms with Crippen LogP contribution in [0.25, 0.3) is 0 Å². The third kappa shape index (κ3) is 4.54. The van der Waals surface area contributed by atoms with Gasteiger partial charge in [0.2, 0.25) is 0 Å². The molecule has 0 aliphatic heterocycles. The number of halogens is 1. The van der Waals surface area contributed by atoms with E-state index in [1.165, 1.54) is 0 Å². The van der Waals surface area contributed by atoms with E-state index in [2.05, 4.69) is 31.2 Å². The molecule has 0 saturated heterocycles. The van der Waals surface area contributed by atoms with Crippen LogP contribution in [0, 0.1) is 18.8 Å². The largest absolute Gasteiger partial charge is 0.316 e. The first kappa shape index (κ1) is 13.5. The van der Waals surface area contributed by atoms with E-state index in [4.69, 9.17) is 11.6 Å². The topological polar surface area (TPSA) is 29.9 Å². The summed E-state index contributed by atoms with van der Waals surface area (Å²) in [5, 5.41) is 8.55. The van der Waals surface area contributed by atoms with Crippen LogP contribution in [0.4, 0.5) is 0 Å². The Morgan fingerprint density at radius 2 is 2.06 bits per heavy atom. The molecular formula is C12H22ClN3. The maximum Gasteiger partial charge on any atom is 0.0814 e. The Morgan fingerprint density at radius 3 is 2.56 bits per heavy atom. The van der Waals surface area contributed by atoms with Crippen LogP contribution in [-0.4, -0.2) is 22.9 Å². The zero-order valence-corrected chi connectivity index (χ0v) is 11.4. The molecule has 0 aliphatic rings. The second kappa shape index (κ2) is 6.26. The summed E-state index contributed by atoms with van der Waals surface area (Å²) in [4.78, 5) is 0. The van der Waals surface area contributed by atoms with Gasteiger partial charge in [-0.25, -0.2) is 0 Å². The molecule has 3 nitrogen and oxygen atoms in total. The summed E-state index contributed by atoms with van der Waals surface area (Å²) >= 11 is 5.96. The molecule has 1 aromatic heterocycles. The Hall–Kier alpha value is -0.540. The normalized spacial score (nSPS) is 13.4. The van der Waals surface area contributed by atoms with Gasteiger partial charge in [0.25, 0.3) is 0 Å². The fraction of sp³-hybridized carbons (Fsp3) is 0.750. The Kier molecular flexibility index (Phi) is 5.29. The summed E-state index contributed by atoms with van der Waals surface area (Å²) < 4.78 is 1.93. The number of hydrogen-bond donors (Lipinski definition) is 1. The summed E-state index contributed by atoms with van der Waals surface area (Å²) in [6.07, 6.45) is 1.90. The summed E-state index contributed by atoms with van der Waals surface area (Å²) in [7, 11) is 0. The third-order valence-corrected chi connectivity index (χ3v) is 2.80. The lowest BCUT2D eigenvalue weighted by Crippen LogP contribution is -2.27. The van der Waals surface area contributed by atoms with Gasteiger partial charge in [-0.2, -0.15) is 5.10 Å². The van der Waals surface area contributed by atoms with E-state index in [9.17, 15) is 0 Å². The minimum atomic E-state index is 0.564. The van der Waals surface area contributed by atoms with Crippen molar-refractivity contribution in [3.63, 3.8) is 0 Å². The number of nitrogens with zero attached hydrogens (tertiary/aromatic N) is 2. The van der Waals surface area contributed by atoms with Gasteiger partial charge in [0.1, 0.15) is 0 Å². The fourth-order valence-corrected chi connectivity index (χ4v) is 1.74. The molecular weight excluding hydrogens is 222 g/mol. The Bertz CT molecular complexity index is 301. The summed E-state index contributed by atoms with van der Waals surface area (Å²) in [5.41, 5.74) is 0.906. The van der Waals surface area contributed by atoms with Crippen molar-refractivity contribution in [2.45, 2.75) is 34.2 Å². The highest BCUT2D eigenvalue weighted by molar-refractivity contribution is 6.31. The predicted octanol–water partition coefficient (Wildman–Crippen LogP) is 2.73. The van der Waals surface area contributed by atoms with Crippen LogP contribution >= 0.6 is 11.6 Å². The number of aromatic nitrogens is 2.